The maximum Gasteiger partial charge on any atom is 0.350 e. The smallest absolute Gasteiger partial charge is 0.350 e. The number of thiazole rings is 1. The first kappa shape index (κ1) is 17.9. The topological polar surface area (TPSA) is 63.7 Å². The molecule has 1 heterocycles. The van der Waals surface area contributed by atoms with E-state index in [0.717, 1.165) is 24.6 Å². The minimum Gasteiger partial charge on any atom is -0.465 e. The van der Waals surface area contributed by atoms with Crippen LogP contribution in [0.2, 0.25) is 0 Å². The lowest BCUT2D eigenvalue weighted by molar-refractivity contribution is 0.0601. The lowest BCUT2D eigenvalue weighted by atomic mass is 10.2. The molecule has 1 N–H and O–H groups in total. The van der Waals surface area contributed by atoms with Crippen LogP contribution in [0.25, 0.3) is 0 Å². The largest absolute Gasteiger partial charge is 0.465 e. The fourth-order valence-corrected chi connectivity index (χ4v) is 2.92. The zero-order valence-electron chi connectivity index (χ0n) is 13.4. The second kappa shape index (κ2) is 8.96. The van der Waals surface area contributed by atoms with Crippen molar-refractivity contribution in [1.29, 1.82) is 0 Å². The number of carbonyl (C=O) groups excluding carboxylic acids is 1. The fraction of sp³-hybridized carbons (Fsp3) is 0.714. The van der Waals surface area contributed by atoms with Crippen LogP contribution in [-0.4, -0.2) is 51.4 Å². The van der Waals surface area contributed by atoms with Gasteiger partial charge >= 0.3 is 5.97 Å². The average molecular weight is 315 g/mol. The molecule has 0 aliphatic heterocycles. The second-order valence-electron chi connectivity index (χ2n) is 4.75. The van der Waals surface area contributed by atoms with Gasteiger partial charge in [0.05, 0.1) is 19.4 Å². The molecule has 120 valence electrons. The summed E-state index contributed by atoms with van der Waals surface area (Å²) < 4.78 is 9.93. The van der Waals surface area contributed by atoms with Gasteiger partial charge in [-0.3, -0.25) is 0 Å². The lowest BCUT2D eigenvalue weighted by Crippen LogP contribution is -2.30. The van der Waals surface area contributed by atoms with Crippen LogP contribution in [0.4, 0.5) is 5.13 Å². The van der Waals surface area contributed by atoms with Crippen molar-refractivity contribution in [2.45, 2.75) is 32.9 Å². The number of aromatic nitrogens is 1. The van der Waals surface area contributed by atoms with Gasteiger partial charge in [-0.25, -0.2) is 9.78 Å². The van der Waals surface area contributed by atoms with E-state index in [0.29, 0.717) is 23.2 Å². The van der Waals surface area contributed by atoms with Crippen molar-refractivity contribution in [1.82, 2.24) is 10.3 Å². The Morgan fingerprint density at radius 3 is 2.71 bits per heavy atom. The molecule has 1 aromatic heterocycles. The van der Waals surface area contributed by atoms with Gasteiger partial charge in [0.25, 0.3) is 0 Å². The van der Waals surface area contributed by atoms with Crippen LogP contribution >= 0.6 is 11.3 Å². The molecule has 7 heteroatoms. The third kappa shape index (κ3) is 4.94. The summed E-state index contributed by atoms with van der Waals surface area (Å²) in [6.07, 6.45) is 1.01. The molecule has 0 spiro atoms. The van der Waals surface area contributed by atoms with Crippen LogP contribution in [0, 0.1) is 0 Å². The van der Waals surface area contributed by atoms with Gasteiger partial charge in [0.2, 0.25) is 0 Å². The minimum atomic E-state index is -0.356. The second-order valence-corrected chi connectivity index (χ2v) is 5.73. The van der Waals surface area contributed by atoms with Crippen molar-refractivity contribution in [2.75, 3.05) is 39.3 Å². The standard InChI is InChI=1S/C14H25N3O3S/c1-6-17(8-7-10(2)15-3)14-16-11(9-19-4)12(21-14)13(18)20-5/h10,15H,6-9H2,1-5H3/t10-/m1/s1. The fourth-order valence-electron chi connectivity index (χ4n) is 1.84. The third-order valence-electron chi connectivity index (χ3n) is 3.31. The molecule has 0 aliphatic carbocycles. The SMILES string of the molecule is CCN(CC[C@@H](C)NC)c1nc(COC)c(C(=O)OC)s1. The number of carbonyl (C=O) groups is 1. The molecular formula is C14H25N3O3S. The molecular weight excluding hydrogens is 290 g/mol. The van der Waals surface area contributed by atoms with Gasteiger partial charge in [-0.1, -0.05) is 11.3 Å². The molecule has 21 heavy (non-hydrogen) atoms. The number of rotatable bonds is 9. The van der Waals surface area contributed by atoms with Crippen molar-refractivity contribution in [2.24, 2.45) is 0 Å². The molecule has 0 bridgehead atoms. The molecule has 6 nitrogen and oxygen atoms in total. The number of hydrogen-bond acceptors (Lipinski definition) is 7. The number of ether oxygens (including phenoxy) is 2. The van der Waals surface area contributed by atoms with Crippen LogP contribution in [0.3, 0.4) is 0 Å². The van der Waals surface area contributed by atoms with Crippen LogP contribution in [0.5, 0.6) is 0 Å². The van der Waals surface area contributed by atoms with Crippen molar-refractivity contribution in [3.05, 3.63) is 10.6 Å². The highest BCUT2D eigenvalue weighted by Gasteiger charge is 2.21. The Balaban J connectivity index is 2.91. The summed E-state index contributed by atoms with van der Waals surface area (Å²) in [5, 5.41) is 4.06. The Bertz CT molecular complexity index is 451. The monoisotopic (exact) mass is 315 g/mol. The number of hydrogen-bond donors (Lipinski definition) is 1. The maximum atomic E-state index is 11.8. The van der Waals surface area contributed by atoms with E-state index in [9.17, 15) is 4.79 Å². The average Bonchev–Trinajstić information content (AvgIpc) is 2.91. The Kier molecular flexibility index (Phi) is 7.63. The van der Waals surface area contributed by atoms with Crippen molar-refractivity contribution >= 4 is 22.4 Å². The Morgan fingerprint density at radius 1 is 1.48 bits per heavy atom. The molecule has 0 saturated heterocycles. The van der Waals surface area contributed by atoms with Gasteiger partial charge in [0.15, 0.2) is 5.13 Å². The summed E-state index contributed by atoms with van der Waals surface area (Å²) in [7, 11) is 4.92. The third-order valence-corrected chi connectivity index (χ3v) is 4.45. The first-order valence-electron chi connectivity index (χ1n) is 7.06. The normalized spacial score (nSPS) is 12.2. The number of nitrogens with one attached hydrogen (secondary N) is 1. The zero-order chi connectivity index (χ0) is 15.8. The summed E-state index contributed by atoms with van der Waals surface area (Å²) in [5.74, 6) is -0.356. The maximum absolute atomic E-state index is 11.8. The molecule has 1 atom stereocenters. The van der Waals surface area contributed by atoms with E-state index in [1.54, 1.807) is 7.11 Å². The molecule has 1 aromatic rings. The Hall–Kier alpha value is -1.18. The van der Waals surface area contributed by atoms with Crippen molar-refractivity contribution in [3.8, 4) is 0 Å². The summed E-state index contributed by atoms with van der Waals surface area (Å²) in [4.78, 5) is 19.0. The van der Waals surface area contributed by atoms with Gasteiger partial charge in [-0.15, -0.1) is 0 Å². The van der Waals surface area contributed by atoms with E-state index in [2.05, 4.69) is 29.0 Å². The van der Waals surface area contributed by atoms with E-state index in [1.165, 1.54) is 18.4 Å². The first-order chi connectivity index (χ1) is 10.1. The van der Waals surface area contributed by atoms with Crippen LogP contribution in [0.1, 0.15) is 35.6 Å². The van der Waals surface area contributed by atoms with E-state index >= 15 is 0 Å². The van der Waals surface area contributed by atoms with E-state index in [4.69, 9.17) is 9.47 Å². The van der Waals surface area contributed by atoms with Crippen LogP contribution in [0.15, 0.2) is 0 Å². The Morgan fingerprint density at radius 2 is 2.19 bits per heavy atom. The van der Waals surface area contributed by atoms with Crippen LogP contribution in [-0.2, 0) is 16.1 Å². The van der Waals surface area contributed by atoms with Crippen molar-refractivity contribution in [3.63, 3.8) is 0 Å². The van der Waals surface area contributed by atoms with Gasteiger partial charge < -0.3 is 19.7 Å². The summed E-state index contributed by atoms with van der Waals surface area (Å²) in [6, 6.07) is 0.442. The van der Waals surface area contributed by atoms with E-state index < -0.39 is 0 Å². The molecule has 0 amide bonds. The molecule has 1 rings (SSSR count). The molecule has 0 radical (unpaired) electrons. The summed E-state index contributed by atoms with van der Waals surface area (Å²) in [6.45, 7) is 6.27. The van der Waals surface area contributed by atoms with Crippen LogP contribution < -0.4 is 10.2 Å². The van der Waals surface area contributed by atoms with Gasteiger partial charge in [0, 0.05) is 26.2 Å². The quantitative estimate of drug-likeness (QED) is 0.702. The molecule has 0 aliphatic rings. The van der Waals surface area contributed by atoms with E-state index in [1.807, 2.05) is 7.05 Å². The van der Waals surface area contributed by atoms with E-state index in [-0.39, 0.29) is 5.97 Å². The molecule has 0 fully saturated rings. The van der Waals surface area contributed by atoms with Gasteiger partial charge in [-0.2, -0.15) is 0 Å². The number of anilines is 1. The first-order valence-corrected chi connectivity index (χ1v) is 7.88. The number of nitrogens with zero attached hydrogens (tertiary/aromatic N) is 2. The predicted octanol–water partition coefficient (Wildman–Crippen LogP) is 1.90. The highest BCUT2D eigenvalue weighted by atomic mass is 32.1. The molecule has 0 unspecified atom stereocenters. The summed E-state index contributed by atoms with van der Waals surface area (Å²) in [5.41, 5.74) is 0.643. The van der Waals surface area contributed by atoms with Gasteiger partial charge in [-0.05, 0) is 27.3 Å². The summed E-state index contributed by atoms with van der Waals surface area (Å²) >= 11 is 1.36. The highest BCUT2D eigenvalue weighted by Crippen LogP contribution is 2.27. The lowest BCUT2D eigenvalue weighted by Gasteiger charge is -2.21. The van der Waals surface area contributed by atoms with Crippen molar-refractivity contribution < 1.29 is 14.3 Å². The minimum absolute atomic E-state index is 0.311. The molecule has 0 saturated carbocycles. The zero-order valence-corrected chi connectivity index (χ0v) is 14.2. The molecule has 0 aromatic carbocycles. The number of methoxy groups -OCH3 is 2. The number of esters is 1. The highest BCUT2D eigenvalue weighted by molar-refractivity contribution is 7.17. The van der Waals surface area contributed by atoms with Gasteiger partial charge in [0.1, 0.15) is 4.88 Å². The Labute approximate surface area is 130 Å². The predicted molar refractivity (Wildman–Crippen MR) is 85.2 cm³/mol.